The monoisotopic (exact) mass is 272 g/mol. The zero-order valence-electron chi connectivity index (χ0n) is 10.3. The predicted molar refractivity (Wildman–Crippen MR) is 64.0 cm³/mol. The first-order chi connectivity index (χ1) is 8.91. The Bertz CT molecular complexity index is 511. The Kier molecular flexibility index (Phi) is 3.80. The summed E-state index contributed by atoms with van der Waals surface area (Å²) in [6, 6.07) is 0.701. The van der Waals surface area contributed by atoms with Gasteiger partial charge in [0.2, 0.25) is 5.91 Å². The molecule has 0 aliphatic heterocycles. The first-order valence-electron chi connectivity index (χ1n) is 6.14. The van der Waals surface area contributed by atoms with Gasteiger partial charge in [-0.2, -0.15) is 0 Å². The predicted octanol–water partition coefficient (Wildman–Crippen LogP) is 2.19. The quantitative estimate of drug-likeness (QED) is 0.810. The molecule has 0 bridgehead atoms. The van der Waals surface area contributed by atoms with Gasteiger partial charge in [-0.15, -0.1) is 0 Å². The van der Waals surface area contributed by atoms with Crippen LogP contribution in [0.4, 0.5) is 13.2 Å². The van der Waals surface area contributed by atoms with Crippen molar-refractivity contribution in [2.75, 3.05) is 0 Å². The number of halogens is 3. The van der Waals surface area contributed by atoms with E-state index in [9.17, 15) is 18.0 Å². The first-order valence-corrected chi connectivity index (χ1v) is 6.14. The maximum absolute atomic E-state index is 13.9. The average molecular weight is 272 g/mol. The first kappa shape index (κ1) is 13.9. The molecule has 3 nitrogen and oxygen atoms in total. The fourth-order valence-corrected chi connectivity index (χ4v) is 2.62. The van der Waals surface area contributed by atoms with Gasteiger partial charge < -0.3 is 11.5 Å². The molecule has 4 N–H and O–H groups in total. The Morgan fingerprint density at radius 3 is 2.21 bits per heavy atom. The van der Waals surface area contributed by atoms with Crippen molar-refractivity contribution in [2.45, 2.75) is 37.6 Å². The lowest BCUT2D eigenvalue weighted by molar-refractivity contribution is 0.0997. The van der Waals surface area contributed by atoms with Gasteiger partial charge in [0, 0.05) is 17.2 Å². The van der Waals surface area contributed by atoms with Gasteiger partial charge in [0.1, 0.15) is 0 Å². The third-order valence-corrected chi connectivity index (χ3v) is 3.65. The minimum Gasteiger partial charge on any atom is -0.366 e. The highest BCUT2D eigenvalue weighted by Gasteiger charge is 2.29. The van der Waals surface area contributed by atoms with Gasteiger partial charge in [0.05, 0.1) is 0 Å². The molecule has 1 aliphatic rings. The van der Waals surface area contributed by atoms with Crippen LogP contribution in [0.1, 0.15) is 47.5 Å². The molecule has 1 aliphatic carbocycles. The van der Waals surface area contributed by atoms with Crippen LogP contribution >= 0.6 is 0 Å². The summed E-state index contributed by atoms with van der Waals surface area (Å²) in [4.78, 5) is 11.3. The zero-order valence-corrected chi connectivity index (χ0v) is 10.3. The molecule has 1 aromatic carbocycles. The number of carbonyl (C=O) groups is 1. The number of primary amides is 1. The molecule has 1 saturated carbocycles. The van der Waals surface area contributed by atoms with Crippen molar-refractivity contribution in [1.29, 1.82) is 0 Å². The van der Waals surface area contributed by atoms with Crippen LogP contribution in [0, 0.1) is 17.5 Å². The van der Waals surface area contributed by atoms with E-state index in [2.05, 4.69) is 0 Å². The summed E-state index contributed by atoms with van der Waals surface area (Å²) in [5, 5.41) is 0. The number of rotatable bonds is 2. The molecule has 1 amide bonds. The van der Waals surface area contributed by atoms with Crippen LogP contribution in [0.25, 0.3) is 0 Å². The van der Waals surface area contributed by atoms with E-state index in [4.69, 9.17) is 11.5 Å². The molecule has 104 valence electrons. The Hall–Kier alpha value is -1.56. The summed E-state index contributed by atoms with van der Waals surface area (Å²) in [6.07, 6.45) is 2.37. The number of hydrogen-bond donors (Lipinski definition) is 2. The fraction of sp³-hybridized carbons (Fsp3) is 0.462. The van der Waals surface area contributed by atoms with E-state index in [1.807, 2.05) is 0 Å². The Balaban J connectivity index is 2.48. The normalized spacial score (nSPS) is 23.4. The van der Waals surface area contributed by atoms with E-state index in [1.165, 1.54) is 0 Å². The third-order valence-electron chi connectivity index (χ3n) is 3.65. The van der Waals surface area contributed by atoms with Crippen molar-refractivity contribution in [1.82, 2.24) is 0 Å². The Morgan fingerprint density at radius 2 is 1.68 bits per heavy atom. The second-order valence-corrected chi connectivity index (χ2v) is 4.92. The highest BCUT2D eigenvalue weighted by molar-refractivity contribution is 5.94. The third kappa shape index (κ3) is 2.58. The van der Waals surface area contributed by atoms with Crippen molar-refractivity contribution >= 4 is 5.91 Å². The molecule has 19 heavy (non-hydrogen) atoms. The summed E-state index contributed by atoms with van der Waals surface area (Å²) in [5.74, 6) is -5.58. The topological polar surface area (TPSA) is 69.1 Å². The lowest BCUT2D eigenvalue weighted by Gasteiger charge is -2.27. The molecular weight excluding hydrogens is 257 g/mol. The van der Waals surface area contributed by atoms with Crippen molar-refractivity contribution in [2.24, 2.45) is 11.5 Å². The number of nitrogens with two attached hydrogens (primary N) is 2. The van der Waals surface area contributed by atoms with Gasteiger partial charge in [0.25, 0.3) is 0 Å². The Morgan fingerprint density at radius 1 is 1.11 bits per heavy atom. The molecule has 0 spiro atoms. The number of amides is 1. The van der Waals surface area contributed by atoms with Crippen LogP contribution in [0.3, 0.4) is 0 Å². The average Bonchev–Trinajstić information content (AvgIpc) is 2.37. The van der Waals surface area contributed by atoms with E-state index in [-0.39, 0.29) is 23.1 Å². The summed E-state index contributed by atoms with van der Waals surface area (Å²) in [5.41, 5.74) is 10.5. The number of carbonyl (C=O) groups excluding carboxylic acids is 1. The van der Waals surface area contributed by atoms with Gasteiger partial charge in [0.15, 0.2) is 17.5 Å². The van der Waals surface area contributed by atoms with Crippen LogP contribution < -0.4 is 11.5 Å². The maximum Gasteiger partial charge on any atom is 0.249 e. The highest BCUT2D eigenvalue weighted by Crippen LogP contribution is 2.36. The summed E-state index contributed by atoms with van der Waals surface area (Å²) in [7, 11) is 0. The zero-order chi connectivity index (χ0) is 14.2. The molecule has 6 heteroatoms. The molecule has 0 unspecified atom stereocenters. The van der Waals surface area contributed by atoms with Gasteiger partial charge in [-0.25, -0.2) is 13.2 Å². The lowest BCUT2D eigenvalue weighted by atomic mass is 9.80. The fourth-order valence-electron chi connectivity index (χ4n) is 2.62. The van der Waals surface area contributed by atoms with Crippen molar-refractivity contribution < 1.29 is 18.0 Å². The highest BCUT2D eigenvalue weighted by atomic mass is 19.2. The van der Waals surface area contributed by atoms with Gasteiger partial charge in [-0.3, -0.25) is 4.79 Å². The molecule has 1 aromatic rings. The molecule has 0 saturated heterocycles. The largest absolute Gasteiger partial charge is 0.366 e. The number of hydrogen-bond acceptors (Lipinski definition) is 2. The van der Waals surface area contributed by atoms with Crippen molar-refractivity contribution in [3.05, 3.63) is 34.6 Å². The van der Waals surface area contributed by atoms with Crippen LogP contribution in [-0.4, -0.2) is 11.9 Å². The van der Waals surface area contributed by atoms with E-state index < -0.39 is 23.4 Å². The van der Waals surface area contributed by atoms with Crippen LogP contribution in [-0.2, 0) is 0 Å². The smallest absolute Gasteiger partial charge is 0.249 e. The number of benzene rings is 1. The molecule has 0 aromatic heterocycles. The van der Waals surface area contributed by atoms with E-state index in [0.29, 0.717) is 31.7 Å². The standard InChI is InChI=1S/C13H15F3N2O/c14-9-5-8(13(18)19)10(12(16)11(9)15)6-1-3-7(17)4-2-6/h5-7H,1-4,17H2,(H2,18,19). The molecule has 1 fully saturated rings. The van der Waals surface area contributed by atoms with Crippen LogP contribution in [0.15, 0.2) is 6.07 Å². The molecular formula is C13H15F3N2O. The van der Waals surface area contributed by atoms with Crippen molar-refractivity contribution in [3.63, 3.8) is 0 Å². The van der Waals surface area contributed by atoms with Gasteiger partial charge in [-0.05, 0) is 37.7 Å². The van der Waals surface area contributed by atoms with E-state index in [0.717, 1.165) is 0 Å². The minimum absolute atomic E-state index is 0.0293. The summed E-state index contributed by atoms with van der Waals surface area (Å²) in [6.45, 7) is 0. The minimum atomic E-state index is -1.56. The molecule has 0 radical (unpaired) electrons. The van der Waals surface area contributed by atoms with Crippen molar-refractivity contribution in [3.8, 4) is 0 Å². The molecule has 2 rings (SSSR count). The second kappa shape index (κ2) is 5.21. The van der Waals surface area contributed by atoms with Gasteiger partial charge >= 0.3 is 0 Å². The van der Waals surface area contributed by atoms with Crippen LogP contribution in [0.2, 0.25) is 0 Å². The maximum atomic E-state index is 13.9. The lowest BCUT2D eigenvalue weighted by Crippen LogP contribution is -2.27. The van der Waals surface area contributed by atoms with Gasteiger partial charge in [-0.1, -0.05) is 0 Å². The SMILES string of the molecule is NC(=O)c1cc(F)c(F)c(F)c1C1CCC(N)CC1. The molecule has 0 atom stereocenters. The summed E-state index contributed by atoms with van der Waals surface area (Å²) >= 11 is 0. The van der Waals surface area contributed by atoms with Crippen LogP contribution in [0.5, 0.6) is 0 Å². The molecule has 0 heterocycles. The summed E-state index contributed by atoms with van der Waals surface area (Å²) < 4.78 is 40.4. The second-order valence-electron chi connectivity index (χ2n) is 4.92. The van der Waals surface area contributed by atoms with E-state index in [1.54, 1.807) is 0 Å². The van der Waals surface area contributed by atoms with E-state index >= 15 is 0 Å². The Labute approximate surface area is 108 Å².